The van der Waals surface area contributed by atoms with Gasteiger partial charge in [-0.2, -0.15) is 17.4 Å². The molecule has 2 aromatic carbocycles. The van der Waals surface area contributed by atoms with Crippen LogP contribution in [0.15, 0.2) is 66.9 Å². The summed E-state index contributed by atoms with van der Waals surface area (Å²) in [7, 11) is -0.432. The van der Waals surface area contributed by atoms with Crippen molar-refractivity contribution in [2.45, 2.75) is 44.2 Å². The van der Waals surface area contributed by atoms with Crippen molar-refractivity contribution in [2.75, 3.05) is 19.4 Å². The summed E-state index contributed by atoms with van der Waals surface area (Å²) in [6.45, 7) is 0. The smallest absolute Gasteiger partial charge is 0.337 e. The largest absolute Gasteiger partial charge is 0.490 e. The average molecular weight is 569 g/mol. The van der Waals surface area contributed by atoms with Crippen molar-refractivity contribution in [3.8, 4) is 17.4 Å². The summed E-state index contributed by atoms with van der Waals surface area (Å²) >= 11 is 0. The minimum Gasteiger partial charge on any atom is -0.490 e. The second-order valence-electron chi connectivity index (χ2n) is 9.65. The van der Waals surface area contributed by atoms with Crippen LogP contribution in [0.25, 0.3) is 0 Å². The number of rotatable bonds is 11. The fourth-order valence-corrected chi connectivity index (χ4v) is 5.12. The quantitative estimate of drug-likeness (QED) is 0.316. The summed E-state index contributed by atoms with van der Waals surface area (Å²) in [4.78, 5) is 28.0. The van der Waals surface area contributed by atoms with Gasteiger partial charge in [-0.3, -0.25) is 4.79 Å². The van der Waals surface area contributed by atoms with Gasteiger partial charge in [0.15, 0.2) is 0 Å². The maximum Gasteiger partial charge on any atom is 0.337 e. The van der Waals surface area contributed by atoms with Crippen molar-refractivity contribution in [1.29, 1.82) is 0 Å². The van der Waals surface area contributed by atoms with E-state index in [1.54, 1.807) is 36.4 Å². The maximum absolute atomic E-state index is 12.4. The third-order valence-corrected chi connectivity index (χ3v) is 8.01. The SMILES string of the molecule is CN(C)S(=O)(=O)NC1CCC(Oc2ccc(Oc3ccc(CC(=O)Nc4ccccc4C(=O)O)cn3)cc2)CC1. The van der Waals surface area contributed by atoms with Gasteiger partial charge in [0.2, 0.25) is 11.8 Å². The lowest BCUT2D eigenvalue weighted by Gasteiger charge is -2.30. The third kappa shape index (κ3) is 8.01. The van der Waals surface area contributed by atoms with E-state index in [1.807, 2.05) is 12.1 Å². The first kappa shape index (κ1) is 29.0. The molecule has 1 aliphatic rings. The second kappa shape index (κ2) is 12.9. The van der Waals surface area contributed by atoms with Gasteiger partial charge in [-0.1, -0.05) is 18.2 Å². The van der Waals surface area contributed by atoms with Crippen LogP contribution in [-0.4, -0.2) is 60.9 Å². The molecule has 40 heavy (non-hydrogen) atoms. The monoisotopic (exact) mass is 568 g/mol. The van der Waals surface area contributed by atoms with E-state index in [2.05, 4.69) is 15.0 Å². The third-order valence-electron chi connectivity index (χ3n) is 6.41. The minimum absolute atomic E-state index is 0.0101. The van der Waals surface area contributed by atoms with E-state index in [4.69, 9.17) is 9.47 Å². The molecule has 12 heteroatoms. The highest BCUT2D eigenvalue weighted by atomic mass is 32.2. The van der Waals surface area contributed by atoms with Crippen LogP contribution in [0.2, 0.25) is 0 Å². The van der Waals surface area contributed by atoms with Crippen molar-refractivity contribution < 1.29 is 32.6 Å². The first-order valence-electron chi connectivity index (χ1n) is 12.8. The van der Waals surface area contributed by atoms with Gasteiger partial charge in [-0.15, -0.1) is 0 Å². The predicted octanol–water partition coefficient (Wildman–Crippen LogP) is 3.84. The van der Waals surface area contributed by atoms with Crippen LogP contribution < -0.4 is 19.5 Å². The van der Waals surface area contributed by atoms with E-state index >= 15 is 0 Å². The van der Waals surface area contributed by atoms with E-state index in [0.29, 0.717) is 35.8 Å². The van der Waals surface area contributed by atoms with Crippen molar-refractivity contribution >= 4 is 27.8 Å². The normalized spacial score (nSPS) is 17.3. The Kier molecular flexibility index (Phi) is 9.35. The molecule has 1 fully saturated rings. The van der Waals surface area contributed by atoms with Gasteiger partial charge >= 0.3 is 5.97 Å². The zero-order valence-electron chi connectivity index (χ0n) is 22.2. The van der Waals surface area contributed by atoms with Gasteiger partial charge < -0.3 is 19.9 Å². The Balaban J connectivity index is 1.24. The molecular weight excluding hydrogens is 536 g/mol. The van der Waals surface area contributed by atoms with Crippen LogP contribution in [0, 0.1) is 0 Å². The molecule has 1 amide bonds. The number of benzene rings is 2. The number of hydrogen-bond donors (Lipinski definition) is 3. The molecule has 3 N–H and O–H groups in total. The molecule has 4 rings (SSSR count). The number of hydrogen-bond acceptors (Lipinski definition) is 7. The molecule has 0 bridgehead atoms. The molecule has 212 valence electrons. The molecule has 1 aromatic heterocycles. The summed E-state index contributed by atoms with van der Waals surface area (Å²) in [5.74, 6) is 0.144. The van der Waals surface area contributed by atoms with Crippen molar-refractivity contribution in [3.63, 3.8) is 0 Å². The summed E-state index contributed by atoms with van der Waals surface area (Å²) < 4.78 is 39.8. The van der Waals surface area contributed by atoms with E-state index in [9.17, 15) is 23.1 Å². The molecule has 0 aliphatic heterocycles. The number of para-hydroxylation sites is 1. The lowest BCUT2D eigenvalue weighted by molar-refractivity contribution is -0.115. The summed E-state index contributed by atoms with van der Waals surface area (Å²) in [5, 5.41) is 11.9. The van der Waals surface area contributed by atoms with Crippen molar-refractivity contribution in [2.24, 2.45) is 0 Å². The Hall–Kier alpha value is -4.00. The van der Waals surface area contributed by atoms with Crippen LogP contribution in [0.1, 0.15) is 41.6 Å². The molecule has 1 aliphatic carbocycles. The number of amides is 1. The first-order valence-corrected chi connectivity index (χ1v) is 14.2. The number of aromatic nitrogens is 1. The number of aromatic carboxylic acids is 1. The topological polar surface area (TPSA) is 147 Å². The van der Waals surface area contributed by atoms with Crippen LogP contribution in [0.3, 0.4) is 0 Å². The summed E-state index contributed by atoms with van der Waals surface area (Å²) in [6, 6.07) is 16.7. The van der Waals surface area contributed by atoms with E-state index in [1.165, 1.54) is 36.7 Å². The lowest BCUT2D eigenvalue weighted by atomic mass is 9.94. The molecule has 0 saturated heterocycles. The fraction of sp³-hybridized carbons (Fsp3) is 0.321. The number of carbonyl (C=O) groups excluding carboxylic acids is 1. The molecule has 11 nitrogen and oxygen atoms in total. The molecular formula is C28H32N4O7S. The van der Waals surface area contributed by atoms with Crippen LogP contribution in [-0.2, 0) is 21.4 Å². The number of carbonyl (C=O) groups is 2. The zero-order valence-corrected chi connectivity index (χ0v) is 23.1. The molecule has 0 unspecified atom stereocenters. The second-order valence-corrected chi connectivity index (χ2v) is 11.6. The van der Waals surface area contributed by atoms with Gasteiger partial charge in [-0.05, 0) is 67.6 Å². The molecule has 0 atom stereocenters. The van der Waals surface area contributed by atoms with E-state index in [0.717, 1.165) is 12.8 Å². The van der Waals surface area contributed by atoms with Gasteiger partial charge in [-0.25, -0.2) is 9.78 Å². The van der Waals surface area contributed by atoms with Gasteiger partial charge in [0.1, 0.15) is 11.5 Å². The Bertz CT molecular complexity index is 1420. The summed E-state index contributed by atoms with van der Waals surface area (Å²) in [6.07, 6.45) is 4.48. The van der Waals surface area contributed by atoms with Gasteiger partial charge in [0.25, 0.3) is 10.2 Å². The van der Waals surface area contributed by atoms with E-state index in [-0.39, 0.29) is 35.7 Å². The number of nitrogens with one attached hydrogen (secondary N) is 2. The molecule has 3 aromatic rings. The van der Waals surface area contributed by atoms with Gasteiger partial charge in [0.05, 0.1) is 23.8 Å². The lowest BCUT2D eigenvalue weighted by Crippen LogP contribution is -2.44. The highest BCUT2D eigenvalue weighted by molar-refractivity contribution is 7.87. The standard InChI is InChI=1S/C28H32N4O7S/c1-32(2)40(36,37)31-20-8-10-21(11-9-20)38-22-12-14-23(15-13-22)39-27-16-7-19(18-29-27)17-26(33)30-25-6-4-3-5-24(25)28(34)35/h3-7,12-16,18,20-21,31H,8-11,17H2,1-2H3,(H,30,33)(H,34,35). The van der Waals surface area contributed by atoms with Crippen molar-refractivity contribution in [1.82, 2.24) is 14.0 Å². The zero-order chi connectivity index (χ0) is 28.7. The van der Waals surface area contributed by atoms with E-state index < -0.39 is 16.2 Å². The van der Waals surface area contributed by atoms with Crippen LogP contribution >= 0.6 is 0 Å². The Morgan fingerprint density at radius 2 is 1.65 bits per heavy atom. The van der Waals surface area contributed by atoms with Crippen LogP contribution in [0.4, 0.5) is 5.69 Å². The molecule has 1 saturated carbocycles. The van der Waals surface area contributed by atoms with Gasteiger partial charge in [0, 0.05) is 32.4 Å². The Morgan fingerprint density at radius 1 is 0.975 bits per heavy atom. The molecule has 0 spiro atoms. The number of pyridine rings is 1. The highest BCUT2D eigenvalue weighted by Gasteiger charge is 2.26. The molecule has 0 radical (unpaired) electrons. The maximum atomic E-state index is 12.4. The fourth-order valence-electron chi connectivity index (χ4n) is 4.25. The number of ether oxygens (including phenoxy) is 2. The minimum atomic E-state index is -3.44. The summed E-state index contributed by atoms with van der Waals surface area (Å²) in [5.41, 5.74) is 0.901. The Morgan fingerprint density at radius 3 is 2.27 bits per heavy atom. The number of carboxylic acids is 1. The van der Waals surface area contributed by atoms with Crippen LogP contribution in [0.5, 0.6) is 17.4 Å². The average Bonchev–Trinajstić information content (AvgIpc) is 2.92. The number of nitrogens with zero attached hydrogens (tertiary/aromatic N) is 2. The first-order chi connectivity index (χ1) is 19.1. The number of anilines is 1. The molecule has 1 heterocycles. The van der Waals surface area contributed by atoms with Crippen molar-refractivity contribution in [3.05, 3.63) is 78.0 Å². The number of carboxylic acid groups (broad SMARTS) is 1. The highest BCUT2D eigenvalue weighted by Crippen LogP contribution is 2.27. The predicted molar refractivity (Wildman–Crippen MR) is 149 cm³/mol. The Labute approximate surface area is 233 Å².